The Bertz CT molecular complexity index is 454. The van der Waals surface area contributed by atoms with Crippen molar-refractivity contribution >= 4 is 45.3 Å². The molecular weight excluding hydrogens is 331 g/mol. The van der Waals surface area contributed by atoms with E-state index in [1.165, 1.54) is 8.45 Å². The van der Waals surface area contributed by atoms with E-state index in [1.54, 1.807) is 11.3 Å². The zero-order valence-corrected chi connectivity index (χ0v) is 11.7. The predicted molar refractivity (Wildman–Crippen MR) is 80.1 cm³/mol. The second-order valence-corrected chi connectivity index (χ2v) is 5.69. The minimum Gasteiger partial charge on any atom is -0.399 e. The van der Waals surface area contributed by atoms with Crippen LogP contribution in [0.4, 0.5) is 11.4 Å². The van der Waals surface area contributed by atoms with Gasteiger partial charge in [0.2, 0.25) is 0 Å². The van der Waals surface area contributed by atoms with Crippen LogP contribution in [0.1, 0.15) is 4.88 Å². The molecule has 1 aromatic heterocycles. The lowest BCUT2D eigenvalue weighted by Gasteiger charge is -2.08. The number of hydrogen-bond donors (Lipinski definition) is 2. The highest BCUT2D eigenvalue weighted by Gasteiger charge is 1.99. The molecule has 2 nitrogen and oxygen atoms in total. The van der Waals surface area contributed by atoms with Gasteiger partial charge in [0.15, 0.2) is 0 Å². The average molecular weight is 344 g/mol. The molecule has 0 unspecified atom stereocenters. The summed E-state index contributed by atoms with van der Waals surface area (Å²) in [5, 5.41) is 5.54. The van der Waals surface area contributed by atoms with Crippen LogP contribution in [0.5, 0.6) is 0 Å². The molecule has 0 bridgehead atoms. The van der Waals surface area contributed by atoms with Gasteiger partial charge in [0.25, 0.3) is 0 Å². The average Bonchev–Trinajstić information content (AvgIpc) is 2.74. The predicted octanol–water partition coefficient (Wildman–Crippen LogP) is 3.59. The van der Waals surface area contributed by atoms with E-state index in [0.29, 0.717) is 0 Å². The normalized spacial score (nSPS) is 10.3. The van der Waals surface area contributed by atoms with E-state index in [2.05, 4.69) is 45.4 Å². The van der Waals surface area contributed by atoms with E-state index < -0.39 is 0 Å². The maximum atomic E-state index is 5.70. The fraction of sp³-hybridized carbons (Fsp3) is 0.167. The van der Waals surface area contributed by atoms with Crippen molar-refractivity contribution in [3.63, 3.8) is 0 Å². The Morgan fingerprint density at radius 1 is 1.31 bits per heavy atom. The number of halogens is 1. The van der Waals surface area contributed by atoms with E-state index in [9.17, 15) is 0 Å². The molecule has 0 saturated carbocycles. The lowest BCUT2D eigenvalue weighted by molar-refractivity contribution is 1.04. The molecule has 0 saturated heterocycles. The molecule has 0 fully saturated rings. The molecule has 84 valence electrons. The molecule has 1 heterocycles. The fourth-order valence-electron chi connectivity index (χ4n) is 1.45. The quantitative estimate of drug-likeness (QED) is 0.657. The zero-order chi connectivity index (χ0) is 11.4. The molecule has 0 aliphatic rings. The molecular formula is C12H13IN2S. The minimum atomic E-state index is 0.813. The van der Waals surface area contributed by atoms with Gasteiger partial charge in [-0.25, -0.2) is 0 Å². The number of anilines is 2. The van der Waals surface area contributed by atoms with E-state index in [0.717, 1.165) is 24.3 Å². The number of nitrogen functional groups attached to an aromatic ring is 1. The maximum absolute atomic E-state index is 5.70. The van der Waals surface area contributed by atoms with E-state index in [1.807, 2.05) is 18.2 Å². The lowest BCUT2D eigenvalue weighted by Crippen LogP contribution is -2.05. The van der Waals surface area contributed by atoms with Crippen LogP contribution >= 0.6 is 33.9 Å². The van der Waals surface area contributed by atoms with Crippen LogP contribution in [0.3, 0.4) is 0 Å². The summed E-state index contributed by atoms with van der Waals surface area (Å²) in [5.74, 6) is 0. The van der Waals surface area contributed by atoms with Crippen molar-refractivity contribution in [1.29, 1.82) is 0 Å². The van der Waals surface area contributed by atoms with Crippen molar-refractivity contribution in [1.82, 2.24) is 0 Å². The standard InChI is InChI=1S/C12H13IN2S/c13-11-8-9(14)3-4-12(11)15-6-5-10-2-1-7-16-10/h1-4,7-8,15H,5-6,14H2. The van der Waals surface area contributed by atoms with Gasteiger partial charge >= 0.3 is 0 Å². The van der Waals surface area contributed by atoms with Gasteiger partial charge in [0.1, 0.15) is 0 Å². The molecule has 2 aromatic rings. The Hall–Kier alpha value is -0.750. The first-order chi connectivity index (χ1) is 7.75. The number of nitrogens with one attached hydrogen (secondary N) is 1. The maximum Gasteiger partial charge on any atom is 0.0477 e. The third-order valence-corrected chi connectivity index (χ3v) is 4.09. The summed E-state index contributed by atoms with van der Waals surface area (Å²) in [7, 11) is 0. The highest BCUT2D eigenvalue weighted by molar-refractivity contribution is 14.1. The van der Waals surface area contributed by atoms with Crippen LogP contribution in [0, 0.1) is 3.57 Å². The number of benzene rings is 1. The molecule has 0 aliphatic heterocycles. The van der Waals surface area contributed by atoms with Gasteiger partial charge in [0.05, 0.1) is 0 Å². The summed E-state index contributed by atoms with van der Waals surface area (Å²) >= 11 is 4.10. The van der Waals surface area contributed by atoms with Gasteiger partial charge in [-0.1, -0.05) is 6.07 Å². The molecule has 3 N–H and O–H groups in total. The Morgan fingerprint density at radius 2 is 2.19 bits per heavy atom. The molecule has 16 heavy (non-hydrogen) atoms. The highest BCUT2D eigenvalue weighted by atomic mass is 127. The van der Waals surface area contributed by atoms with Crippen LogP contribution in [0.2, 0.25) is 0 Å². The third-order valence-electron chi connectivity index (χ3n) is 2.26. The van der Waals surface area contributed by atoms with Crippen molar-refractivity contribution in [3.05, 3.63) is 44.2 Å². The Labute approximate surface area is 113 Å². The summed E-state index contributed by atoms with van der Waals surface area (Å²) in [4.78, 5) is 1.41. The molecule has 0 atom stereocenters. The van der Waals surface area contributed by atoms with Crippen molar-refractivity contribution in [2.75, 3.05) is 17.6 Å². The second-order valence-electron chi connectivity index (χ2n) is 3.50. The summed E-state index contributed by atoms with van der Waals surface area (Å²) in [6.45, 7) is 0.959. The van der Waals surface area contributed by atoms with Gasteiger partial charge in [-0.2, -0.15) is 0 Å². The third kappa shape index (κ3) is 3.12. The largest absolute Gasteiger partial charge is 0.399 e. The Balaban J connectivity index is 1.90. The van der Waals surface area contributed by atoms with Gasteiger partial charge < -0.3 is 11.1 Å². The number of thiophene rings is 1. The summed E-state index contributed by atoms with van der Waals surface area (Å²) in [6, 6.07) is 10.2. The first-order valence-corrected chi connectivity index (χ1v) is 7.03. The van der Waals surface area contributed by atoms with Crippen molar-refractivity contribution in [2.45, 2.75) is 6.42 Å². The number of rotatable bonds is 4. The Morgan fingerprint density at radius 3 is 2.88 bits per heavy atom. The second kappa shape index (κ2) is 5.54. The van der Waals surface area contributed by atoms with E-state index in [-0.39, 0.29) is 0 Å². The van der Waals surface area contributed by atoms with E-state index in [4.69, 9.17) is 5.73 Å². The van der Waals surface area contributed by atoms with Crippen LogP contribution < -0.4 is 11.1 Å². The van der Waals surface area contributed by atoms with Crippen LogP contribution in [0.25, 0.3) is 0 Å². The molecule has 1 aromatic carbocycles. The van der Waals surface area contributed by atoms with Crippen molar-refractivity contribution in [2.24, 2.45) is 0 Å². The number of nitrogens with two attached hydrogens (primary N) is 1. The molecule has 2 rings (SSSR count). The van der Waals surface area contributed by atoms with Crippen LogP contribution in [-0.4, -0.2) is 6.54 Å². The molecule has 4 heteroatoms. The topological polar surface area (TPSA) is 38.0 Å². The van der Waals surface area contributed by atoms with Gasteiger partial charge in [0, 0.05) is 26.4 Å². The number of hydrogen-bond acceptors (Lipinski definition) is 3. The Kier molecular flexibility index (Phi) is 4.06. The summed E-state index contributed by atoms with van der Waals surface area (Å²) < 4.78 is 1.17. The highest BCUT2D eigenvalue weighted by Crippen LogP contribution is 2.20. The monoisotopic (exact) mass is 344 g/mol. The van der Waals surface area contributed by atoms with Crippen LogP contribution in [-0.2, 0) is 6.42 Å². The van der Waals surface area contributed by atoms with E-state index >= 15 is 0 Å². The molecule has 0 radical (unpaired) electrons. The minimum absolute atomic E-state index is 0.813. The fourth-order valence-corrected chi connectivity index (χ4v) is 2.89. The van der Waals surface area contributed by atoms with Crippen LogP contribution in [0.15, 0.2) is 35.7 Å². The zero-order valence-electron chi connectivity index (χ0n) is 8.74. The van der Waals surface area contributed by atoms with Gasteiger partial charge in [-0.05, 0) is 58.7 Å². The van der Waals surface area contributed by atoms with Crippen molar-refractivity contribution < 1.29 is 0 Å². The molecule has 0 spiro atoms. The summed E-state index contributed by atoms with van der Waals surface area (Å²) in [6.07, 6.45) is 1.07. The lowest BCUT2D eigenvalue weighted by atomic mass is 10.2. The first kappa shape index (κ1) is 11.7. The smallest absolute Gasteiger partial charge is 0.0477 e. The summed E-state index contributed by atoms with van der Waals surface area (Å²) in [5.41, 5.74) is 7.67. The molecule has 0 amide bonds. The van der Waals surface area contributed by atoms with Gasteiger partial charge in [-0.15, -0.1) is 11.3 Å². The SMILES string of the molecule is Nc1ccc(NCCc2cccs2)c(I)c1. The van der Waals surface area contributed by atoms with Crippen molar-refractivity contribution in [3.8, 4) is 0 Å². The first-order valence-electron chi connectivity index (χ1n) is 5.07. The molecule has 0 aliphatic carbocycles. The van der Waals surface area contributed by atoms with Gasteiger partial charge in [-0.3, -0.25) is 0 Å².